The van der Waals surface area contributed by atoms with Crippen molar-refractivity contribution in [2.24, 2.45) is 0 Å². The van der Waals surface area contributed by atoms with Crippen LogP contribution in [-0.4, -0.2) is 9.55 Å². The summed E-state index contributed by atoms with van der Waals surface area (Å²) in [6.45, 7) is 1.98. The van der Waals surface area contributed by atoms with Crippen molar-refractivity contribution in [1.29, 1.82) is 0 Å². The van der Waals surface area contributed by atoms with Gasteiger partial charge in [0.2, 0.25) is 5.58 Å². The minimum Gasteiger partial charge on any atom is -0.448 e. The molecule has 2 aromatic heterocycles. The van der Waals surface area contributed by atoms with Crippen molar-refractivity contribution in [2.45, 2.75) is 6.92 Å². The van der Waals surface area contributed by atoms with Crippen molar-refractivity contribution in [3.8, 4) is 17.4 Å². The highest BCUT2D eigenvalue weighted by atomic mass is 16.5. The lowest BCUT2D eigenvalue weighted by molar-refractivity contribution is 0.426. The summed E-state index contributed by atoms with van der Waals surface area (Å²) in [5.74, 6) is 0.615. The molecule has 0 aliphatic rings. The van der Waals surface area contributed by atoms with E-state index in [1.807, 2.05) is 85.8 Å². The Morgan fingerprint density at radius 1 is 0.929 bits per heavy atom. The first-order chi connectivity index (χ1) is 13.7. The highest BCUT2D eigenvalue weighted by Gasteiger charge is 2.19. The third-order valence-electron chi connectivity index (χ3n) is 4.58. The number of para-hydroxylation sites is 2. The van der Waals surface area contributed by atoms with Crippen LogP contribution < -0.4 is 10.3 Å². The van der Waals surface area contributed by atoms with Crippen molar-refractivity contribution >= 4 is 22.1 Å². The van der Waals surface area contributed by atoms with Crippen LogP contribution in [0.2, 0.25) is 0 Å². The smallest absolute Gasteiger partial charge is 0.310 e. The van der Waals surface area contributed by atoms with E-state index in [1.54, 1.807) is 0 Å². The number of ether oxygens (including phenoxy) is 1. The summed E-state index contributed by atoms with van der Waals surface area (Å²) < 4.78 is 13.3. The third kappa shape index (κ3) is 2.65. The normalized spacial score (nSPS) is 11.2. The molecule has 5 nitrogen and oxygen atoms in total. The molecular weight excluding hydrogens is 352 g/mol. The summed E-state index contributed by atoms with van der Waals surface area (Å²) in [4.78, 5) is 18.0. The molecule has 28 heavy (non-hydrogen) atoms. The van der Waals surface area contributed by atoms with E-state index in [2.05, 4.69) is 4.98 Å². The summed E-state index contributed by atoms with van der Waals surface area (Å²) in [5, 5.41) is 0.781. The molecule has 0 radical (unpaired) electrons. The van der Waals surface area contributed by atoms with Crippen LogP contribution in [0.15, 0.2) is 88.1 Å². The zero-order chi connectivity index (χ0) is 19.1. The number of hydrogen-bond donors (Lipinski definition) is 0. The molecule has 0 aliphatic heterocycles. The van der Waals surface area contributed by atoms with Crippen molar-refractivity contribution in [3.63, 3.8) is 0 Å². The fourth-order valence-corrected chi connectivity index (χ4v) is 3.28. The molecule has 5 rings (SSSR count). The van der Waals surface area contributed by atoms with Crippen molar-refractivity contribution < 1.29 is 9.15 Å². The molecular formula is C23H16N2O3. The van der Waals surface area contributed by atoms with Gasteiger partial charge in [-0.15, -0.1) is 0 Å². The van der Waals surface area contributed by atoms with Gasteiger partial charge >= 0.3 is 11.6 Å². The lowest BCUT2D eigenvalue weighted by Crippen LogP contribution is -2.20. The Labute approximate surface area is 160 Å². The molecule has 0 saturated carbocycles. The second-order valence-electron chi connectivity index (χ2n) is 6.57. The van der Waals surface area contributed by atoms with Crippen LogP contribution in [0.3, 0.4) is 0 Å². The Kier molecular flexibility index (Phi) is 3.72. The molecule has 0 fully saturated rings. The standard InChI is InChI=1S/C23H16N2O3/c1-15-8-7-11-17(14-15)27-23-24-20-18-12-5-6-13-19(18)28-21(20)22(26)25(23)16-9-3-2-4-10-16/h2-14H,1H3. The van der Waals surface area contributed by atoms with Crippen LogP contribution in [0.4, 0.5) is 0 Å². The Morgan fingerprint density at radius 3 is 2.54 bits per heavy atom. The van der Waals surface area contributed by atoms with Gasteiger partial charge in [-0.1, -0.05) is 42.5 Å². The van der Waals surface area contributed by atoms with Gasteiger partial charge in [-0.05, 0) is 48.9 Å². The van der Waals surface area contributed by atoms with E-state index < -0.39 is 0 Å². The number of rotatable bonds is 3. The maximum atomic E-state index is 13.3. The van der Waals surface area contributed by atoms with E-state index in [9.17, 15) is 4.79 Å². The lowest BCUT2D eigenvalue weighted by Gasteiger charge is -2.12. The van der Waals surface area contributed by atoms with Crippen LogP contribution in [0.25, 0.3) is 27.8 Å². The summed E-state index contributed by atoms with van der Waals surface area (Å²) in [6.07, 6.45) is 0. The van der Waals surface area contributed by atoms with Gasteiger partial charge in [0, 0.05) is 5.39 Å². The first kappa shape index (κ1) is 16.3. The van der Waals surface area contributed by atoms with Crippen LogP contribution in [-0.2, 0) is 0 Å². The first-order valence-corrected chi connectivity index (χ1v) is 8.95. The Morgan fingerprint density at radius 2 is 1.71 bits per heavy atom. The van der Waals surface area contributed by atoms with Gasteiger partial charge in [-0.3, -0.25) is 4.79 Å². The minimum absolute atomic E-state index is 0.195. The highest BCUT2D eigenvalue weighted by Crippen LogP contribution is 2.29. The second kappa shape index (κ2) is 6.39. The zero-order valence-electron chi connectivity index (χ0n) is 15.1. The molecule has 0 N–H and O–H groups in total. The topological polar surface area (TPSA) is 57.3 Å². The van der Waals surface area contributed by atoms with Gasteiger partial charge in [-0.25, -0.2) is 4.57 Å². The maximum absolute atomic E-state index is 13.3. The number of aromatic nitrogens is 2. The summed E-state index contributed by atoms with van der Waals surface area (Å²) in [5.41, 5.74) is 2.73. The largest absolute Gasteiger partial charge is 0.448 e. The van der Waals surface area contributed by atoms with E-state index in [0.29, 0.717) is 22.5 Å². The predicted molar refractivity (Wildman–Crippen MR) is 108 cm³/mol. The van der Waals surface area contributed by atoms with Gasteiger partial charge in [0.15, 0.2) is 0 Å². The zero-order valence-corrected chi connectivity index (χ0v) is 15.1. The van der Waals surface area contributed by atoms with Crippen LogP contribution >= 0.6 is 0 Å². The van der Waals surface area contributed by atoms with Gasteiger partial charge in [0.05, 0.1) is 5.69 Å². The van der Waals surface area contributed by atoms with Crippen molar-refractivity contribution in [1.82, 2.24) is 9.55 Å². The van der Waals surface area contributed by atoms with Crippen LogP contribution in [0, 0.1) is 6.92 Å². The maximum Gasteiger partial charge on any atom is 0.310 e. The van der Waals surface area contributed by atoms with Crippen LogP contribution in [0.1, 0.15) is 5.56 Å². The van der Waals surface area contributed by atoms with Gasteiger partial charge in [0.25, 0.3) is 0 Å². The Balaban J connectivity index is 1.82. The van der Waals surface area contributed by atoms with E-state index in [1.165, 1.54) is 4.57 Å². The highest BCUT2D eigenvalue weighted by molar-refractivity contribution is 6.02. The molecule has 0 amide bonds. The molecule has 0 atom stereocenters. The molecule has 0 unspecified atom stereocenters. The number of aryl methyl sites for hydroxylation is 1. The molecule has 5 heteroatoms. The number of nitrogens with zero attached hydrogens (tertiary/aromatic N) is 2. The van der Waals surface area contributed by atoms with Gasteiger partial charge in [0.1, 0.15) is 16.8 Å². The molecule has 136 valence electrons. The van der Waals surface area contributed by atoms with E-state index in [4.69, 9.17) is 9.15 Å². The molecule has 0 aliphatic carbocycles. The average Bonchev–Trinajstić information content (AvgIpc) is 3.08. The van der Waals surface area contributed by atoms with Crippen molar-refractivity contribution in [2.75, 3.05) is 0 Å². The number of fused-ring (bicyclic) bond motifs is 3. The number of hydrogen-bond acceptors (Lipinski definition) is 4. The summed E-state index contributed by atoms with van der Waals surface area (Å²) in [6, 6.07) is 24.6. The molecule has 0 saturated heterocycles. The monoisotopic (exact) mass is 368 g/mol. The summed E-state index contributed by atoms with van der Waals surface area (Å²) >= 11 is 0. The third-order valence-corrected chi connectivity index (χ3v) is 4.58. The number of furan rings is 1. The predicted octanol–water partition coefficient (Wildman–Crippen LogP) is 5.23. The SMILES string of the molecule is Cc1cccc(Oc2nc3c(oc4ccccc43)c(=O)n2-c2ccccc2)c1. The summed E-state index contributed by atoms with van der Waals surface area (Å²) in [7, 11) is 0. The van der Waals surface area contributed by atoms with E-state index >= 15 is 0 Å². The fourth-order valence-electron chi connectivity index (χ4n) is 3.28. The molecule has 2 heterocycles. The molecule has 3 aromatic carbocycles. The fraction of sp³-hybridized carbons (Fsp3) is 0.0435. The Hall–Kier alpha value is -3.86. The molecule has 5 aromatic rings. The molecule has 0 spiro atoms. The average molecular weight is 368 g/mol. The first-order valence-electron chi connectivity index (χ1n) is 8.95. The van der Waals surface area contributed by atoms with E-state index in [-0.39, 0.29) is 17.2 Å². The quantitative estimate of drug-likeness (QED) is 0.437. The van der Waals surface area contributed by atoms with Crippen molar-refractivity contribution in [3.05, 3.63) is 94.8 Å². The van der Waals surface area contributed by atoms with E-state index in [0.717, 1.165) is 10.9 Å². The lowest BCUT2D eigenvalue weighted by atomic mass is 10.2. The van der Waals surface area contributed by atoms with Crippen LogP contribution in [0.5, 0.6) is 11.8 Å². The van der Waals surface area contributed by atoms with Gasteiger partial charge in [-0.2, -0.15) is 4.98 Å². The van der Waals surface area contributed by atoms with Gasteiger partial charge < -0.3 is 9.15 Å². The minimum atomic E-state index is -0.310. The molecule has 0 bridgehead atoms. The number of benzene rings is 3. The Bertz CT molecular complexity index is 1370. The second-order valence-corrected chi connectivity index (χ2v) is 6.57.